The van der Waals surface area contributed by atoms with Crippen LogP contribution in [0.1, 0.15) is 10.4 Å². The van der Waals surface area contributed by atoms with Gasteiger partial charge in [-0.1, -0.05) is 0 Å². The second kappa shape index (κ2) is 6.86. The van der Waals surface area contributed by atoms with Gasteiger partial charge in [0.15, 0.2) is 6.29 Å². The molecule has 2 rings (SSSR count). The largest absolute Gasteiger partial charge is 0.490 e. The van der Waals surface area contributed by atoms with Crippen molar-refractivity contribution in [2.24, 2.45) is 0 Å². The van der Waals surface area contributed by atoms with E-state index in [0.717, 1.165) is 11.8 Å². The van der Waals surface area contributed by atoms with E-state index in [1.54, 1.807) is 30.0 Å². The number of ether oxygens (including phenoxy) is 3. The quantitative estimate of drug-likeness (QED) is 0.529. The molecule has 2 heterocycles. The molecule has 0 fully saturated rings. The minimum atomic E-state index is 0.455. The van der Waals surface area contributed by atoms with Crippen LogP contribution in [-0.4, -0.2) is 49.4 Å². The van der Waals surface area contributed by atoms with Crippen LogP contribution in [0.5, 0.6) is 5.75 Å². The van der Waals surface area contributed by atoms with E-state index in [9.17, 15) is 4.79 Å². The molecule has 0 aliphatic rings. The van der Waals surface area contributed by atoms with Crippen molar-refractivity contribution in [1.29, 1.82) is 0 Å². The molecule has 6 nitrogen and oxygen atoms in total. The lowest BCUT2D eigenvalue weighted by molar-refractivity contribution is 0.0543. The number of nitrogens with zero attached hydrogens (tertiary/aromatic N) is 2. The van der Waals surface area contributed by atoms with E-state index in [-0.39, 0.29) is 0 Å². The third-order valence-corrected chi connectivity index (χ3v) is 2.57. The summed E-state index contributed by atoms with van der Waals surface area (Å²) in [7, 11) is 1.63. The predicted molar refractivity (Wildman–Crippen MR) is 68.8 cm³/mol. The summed E-state index contributed by atoms with van der Waals surface area (Å²) in [5.41, 5.74) is 1.33. The molecule has 0 saturated heterocycles. The van der Waals surface area contributed by atoms with Gasteiger partial charge in [-0.25, -0.2) is 4.52 Å². The fraction of sp³-hybridized carbons (Fsp3) is 0.385. The molecule has 2 aromatic rings. The summed E-state index contributed by atoms with van der Waals surface area (Å²) in [4.78, 5) is 10.8. The zero-order valence-corrected chi connectivity index (χ0v) is 10.7. The monoisotopic (exact) mass is 264 g/mol. The SMILES string of the molecule is COCCOCCOc1ccc2c(C=O)cnn2c1. The predicted octanol–water partition coefficient (Wildman–Crippen LogP) is 1.19. The average Bonchev–Trinajstić information content (AvgIpc) is 2.85. The summed E-state index contributed by atoms with van der Waals surface area (Å²) in [6, 6.07) is 3.61. The van der Waals surface area contributed by atoms with Crippen molar-refractivity contribution in [3.05, 3.63) is 30.1 Å². The van der Waals surface area contributed by atoms with Crippen LogP contribution < -0.4 is 4.74 Å². The summed E-state index contributed by atoms with van der Waals surface area (Å²) in [6.07, 6.45) is 4.05. The Bertz CT molecular complexity index is 538. The molecule has 0 aliphatic carbocycles. The van der Waals surface area contributed by atoms with Gasteiger partial charge in [0.25, 0.3) is 0 Å². The molecule has 0 amide bonds. The van der Waals surface area contributed by atoms with E-state index < -0.39 is 0 Å². The maximum atomic E-state index is 10.8. The molecule has 0 aromatic carbocycles. The Balaban J connectivity index is 1.86. The van der Waals surface area contributed by atoms with Crippen molar-refractivity contribution in [2.75, 3.05) is 33.5 Å². The number of pyridine rings is 1. The number of hydrogen-bond donors (Lipinski definition) is 0. The van der Waals surface area contributed by atoms with Gasteiger partial charge in [0, 0.05) is 7.11 Å². The standard InChI is InChI=1S/C13H16N2O4/c1-17-4-5-18-6-7-19-12-2-3-13-11(10-16)8-14-15(13)9-12/h2-3,8-10H,4-7H2,1H3. The molecule has 0 N–H and O–H groups in total. The van der Waals surface area contributed by atoms with Gasteiger partial charge in [-0.15, -0.1) is 0 Å². The Kier molecular flexibility index (Phi) is 4.88. The molecule has 0 unspecified atom stereocenters. The van der Waals surface area contributed by atoms with Crippen molar-refractivity contribution in [2.45, 2.75) is 0 Å². The van der Waals surface area contributed by atoms with Gasteiger partial charge >= 0.3 is 0 Å². The van der Waals surface area contributed by atoms with E-state index in [1.165, 1.54) is 6.20 Å². The van der Waals surface area contributed by atoms with E-state index in [4.69, 9.17) is 14.2 Å². The topological polar surface area (TPSA) is 62.1 Å². The molecule has 6 heteroatoms. The summed E-state index contributed by atoms with van der Waals surface area (Å²) >= 11 is 0. The first-order valence-corrected chi connectivity index (χ1v) is 5.97. The molecule has 0 saturated carbocycles. The first-order chi connectivity index (χ1) is 9.35. The Morgan fingerprint density at radius 1 is 1.26 bits per heavy atom. The third-order valence-electron chi connectivity index (χ3n) is 2.57. The number of fused-ring (bicyclic) bond motifs is 1. The molecular formula is C13H16N2O4. The number of aromatic nitrogens is 2. The molecule has 0 aliphatic heterocycles. The fourth-order valence-electron chi connectivity index (χ4n) is 1.62. The first kappa shape index (κ1) is 13.5. The van der Waals surface area contributed by atoms with E-state index in [2.05, 4.69) is 5.10 Å². The highest BCUT2D eigenvalue weighted by molar-refractivity contribution is 5.85. The fourth-order valence-corrected chi connectivity index (χ4v) is 1.62. The minimum Gasteiger partial charge on any atom is -0.490 e. The Morgan fingerprint density at radius 3 is 2.89 bits per heavy atom. The van der Waals surface area contributed by atoms with Gasteiger partial charge in [0.1, 0.15) is 12.4 Å². The number of aldehydes is 1. The highest BCUT2D eigenvalue weighted by Gasteiger charge is 2.03. The van der Waals surface area contributed by atoms with Crippen LogP contribution in [0.2, 0.25) is 0 Å². The number of carbonyl (C=O) groups excluding carboxylic acids is 1. The highest BCUT2D eigenvalue weighted by Crippen LogP contribution is 2.15. The summed E-state index contributed by atoms with van der Waals surface area (Å²) in [5.74, 6) is 0.684. The van der Waals surface area contributed by atoms with Crippen molar-refractivity contribution >= 4 is 11.8 Å². The number of hydrogen-bond acceptors (Lipinski definition) is 5. The number of carbonyl (C=O) groups is 1. The summed E-state index contributed by atoms with van der Waals surface area (Å²) in [5, 5.41) is 4.08. The van der Waals surface area contributed by atoms with Crippen molar-refractivity contribution in [3.63, 3.8) is 0 Å². The lowest BCUT2D eigenvalue weighted by Gasteiger charge is -2.07. The molecule has 19 heavy (non-hydrogen) atoms. The third kappa shape index (κ3) is 3.52. The number of methoxy groups -OCH3 is 1. The molecule has 0 radical (unpaired) electrons. The van der Waals surface area contributed by atoms with Crippen LogP contribution in [0.4, 0.5) is 0 Å². The lowest BCUT2D eigenvalue weighted by Crippen LogP contribution is -2.10. The van der Waals surface area contributed by atoms with E-state index >= 15 is 0 Å². The molecule has 2 aromatic heterocycles. The van der Waals surface area contributed by atoms with Gasteiger partial charge in [0.2, 0.25) is 0 Å². The second-order valence-corrected chi connectivity index (χ2v) is 3.87. The average molecular weight is 264 g/mol. The van der Waals surface area contributed by atoms with Gasteiger partial charge in [-0.05, 0) is 12.1 Å². The van der Waals surface area contributed by atoms with Crippen LogP contribution in [0.15, 0.2) is 24.5 Å². The first-order valence-electron chi connectivity index (χ1n) is 5.97. The highest BCUT2D eigenvalue weighted by atomic mass is 16.5. The maximum absolute atomic E-state index is 10.8. The van der Waals surface area contributed by atoms with Crippen molar-refractivity contribution in [1.82, 2.24) is 9.61 Å². The number of rotatable bonds is 8. The lowest BCUT2D eigenvalue weighted by atomic mass is 10.3. The van der Waals surface area contributed by atoms with Crippen LogP contribution >= 0.6 is 0 Å². The van der Waals surface area contributed by atoms with Gasteiger partial charge in [-0.2, -0.15) is 5.10 Å². The van der Waals surface area contributed by atoms with Crippen LogP contribution in [-0.2, 0) is 9.47 Å². The van der Waals surface area contributed by atoms with Crippen molar-refractivity contribution < 1.29 is 19.0 Å². The van der Waals surface area contributed by atoms with Crippen LogP contribution in [0.25, 0.3) is 5.52 Å². The summed E-state index contributed by atoms with van der Waals surface area (Å²) < 4.78 is 17.3. The smallest absolute Gasteiger partial charge is 0.153 e. The normalized spacial score (nSPS) is 10.8. The van der Waals surface area contributed by atoms with Crippen LogP contribution in [0.3, 0.4) is 0 Å². The maximum Gasteiger partial charge on any atom is 0.153 e. The van der Waals surface area contributed by atoms with Gasteiger partial charge in [0.05, 0.1) is 43.3 Å². The van der Waals surface area contributed by atoms with Crippen molar-refractivity contribution in [3.8, 4) is 5.75 Å². The summed E-state index contributed by atoms with van der Waals surface area (Å²) in [6.45, 7) is 2.09. The van der Waals surface area contributed by atoms with Gasteiger partial charge < -0.3 is 14.2 Å². The molecule has 102 valence electrons. The van der Waals surface area contributed by atoms with E-state index in [0.29, 0.717) is 37.7 Å². The molecule has 0 atom stereocenters. The molecule has 0 spiro atoms. The zero-order valence-electron chi connectivity index (χ0n) is 10.7. The van der Waals surface area contributed by atoms with Crippen LogP contribution in [0, 0.1) is 0 Å². The van der Waals surface area contributed by atoms with Gasteiger partial charge in [-0.3, -0.25) is 4.79 Å². The Morgan fingerprint density at radius 2 is 2.11 bits per heavy atom. The molecule has 0 bridgehead atoms. The van der Waals surface area contributed by atoms with E-state index in [1.807, 2.05) is 0 Å². The zero-order chi connectivity index (χ0) is 13.5. The Labute approximate surface area is 110 Å². The molecular weight excluding hydrogens is 248 g/mol. The second-order valence-electron chi connectivity index (χ2n) is 3.87. The minimum absolute atomic E-state index is 0.455. The Hall–Kier alpha value is -1.92.